The van der Waals surface area contributed by atoms with Crippen LogP contribution < -0.4 is 10.5 Å². The van der Waals surface area contributed by atoms with E-state index in [9.17, 15) is 22.7 Å². The Kier molecular flexibility index (Phi) is 4.81. The van der Waals surface area contributed by atoms with Gasteiger partial charge in [0, 0.05) is 6.54 Å². The van der Waals surface area contributed by atoms with E-state index in [0.29, 0.717) is 0 Å². The lowest BCUT2D eigenvalue weighted by molar-refractivity contribution is -0.149. The van der Waals surface area contributed by atoms with Crippen molar-refractivity contribution in [1.29, 1.82) is 0 Å². The number of nitrogens with one attached hydrogen (secondary N) is 1. The number of carbonyl (C=O) groups is 1. The van der Waals surface area contributed by atoms with Crippen LogP contribution >= 0.6 is 0 Å². The number of sulfonamides is 1. The number of anilines is 1. The van der Waals surface area contributed by atoms with E-state index < -0.39 is 34.5 Å². The van der Waals surface area contributed by atoms with Gasteiger partial charge in [0.1, 0.15) is 5.82 Å². The van der Waals surface area contributed by atoms with Crippen molar-refractivity contribution in [3.8, 4) is 0 Å². The van der Waals surface area contributed by atoms with Crippen LogP contribution in [0.1, 0.15) is 0 Å². The van der Waals surface area contributed by atoms with Crippen molar-refractivity contribution < 1.29 is 27.4 Å². The Bertz CT molecular complexity index is 575. The van der Waals surface area contributed by atoms with Gasteiger partial charge in [-0.2, -0.15) is 0 Å². The summed E-state index contributed by atoms with van der Waals surface area (Å²) in [4.78, 5) is 10.5. The van der Waals surface area contributed by atoms with E-state index in [-0.39, 0.29) is 10.6 Å². The van der Waals surface area contributed by atoms with Gasteiger partial charge in [-0.3, -0.25) is 0 Å². The van der Waals surface area contributed by atoms with Crippen molar-refractivity contribution in [3.05, 3.63) is 24.0 Å². The number of hydrogen-bond acceptors (Lipinski definition) is 6. The molecular weight excluding hydrogens is 279 g/mol. The third-order valence-corrected chi connectivity index (χ3v) is 3.64. The number of nitrogens with two attached hydrogens (primary N) is 1. The zero-order valence-corrected chi connectivity index (χ0v) is 10.8. The third-order valence-electron chi connectivity index (χ3n) is 2.22. The van der Waals surface area contributed by atoms with Gasteiger partial charge in [-0.15, -0.1) is 0 Å². The highest BCUT2D eigenvalue weighted by molar-refractivity contribution is 7.89. The minimum Gasteiger partial charge on any atom is -0.467 e. The second-order valence-corrected chi connectivity index (χ2v) is 5.34. The number of aliphatic hydroxyl groups excluding tert-OH is 1. The zero-order valence-electron chi connectivity index (χ0n) is 9.96. The fraction of sp³-hybridized carbons (Fsp3) is 0.300. The lowest BCUT2D eigenvalue weighted by Gasteiger charge is -2.10. The maximum atomic E-state index is 13.2. The van der Waals surface area contributed by atoms with Crippen LogP contribution in [0.4, 0.5) is 10.1 Å². The summed E-state index contributed by atoms with van der Waals surface area (Å²) in [6.45, 7) is -0.582. The summed E-state index contributed by atoms with van der Waals surface area (Å²) in [5.41, 5.74) is 5.03. The van der Waals surface area contributed by atoms with Crippen molar-refractivity contribution >= 4 is 21.7 Å². The smallest absolute Gasteiger partial charge is 0.336 e. The quantitative estimate of drug-likeness (QED) is 0.484. The monoisotopic (exact) mass is 292 g/mol. The largest absolute Gasteiger partial charge is 0.467 e. The molecule has 1 rings (SSSR count). The van der Waals surface area contributed by atoms with E-state index >= 15 is 0 Å². The number of halogens is 1. The number of methoxy groups -OCH3 is 1. The van der Waals surface area contributed by atoms with E-state index in [4.69, 9.17) is 5.73 Å². The molecule has 106 valence electrons. The average molecular weight is 292 g/mol. The summed E-state index contributed by atoms with van der Waals surface area (Å²) < 4.78 is 42.8. The molecule has 4 N–H and O–H groups in total. The number of benzene rings is 1. The van der Waals surface area contributed by atoms with Gasteiger partial charge in [0.25, 0.3) is 0 Å². The molecule has 0 aliphatic rings. The molecule has 1 aromatic carbocycles. The molecular formula is C10H13FN2O5S. The van der Waals surface area contributed by atoms with E-state index in [0.717, 1.165) is 25.3 Å². The van der Waals surface area contributed by atoms with Crippen LogP contribution in [-0.2, 0) is 19.6 Å². The lowest BCUT2D eigenvalue weighted by atomic mass is 10.3. The van der Waals surface area contributed by atoms with Crippen LogP contribution in [0.2, 0.25) is 0 Å². The molecule has 7 nitrogen and oxygen atoms in total. The van der Waals surface area contributed by atoms with Crippen LogP contribution in [0.25, 0.3) is 0 Å². The average Bonchev–Trinajstić information content (AvgIpc) is 2.38. The molecule has 0 fully saturated rings. The molecule has 0 saturated carbocycles. The Hall–Kier alpha value is -1.71. The fourth-order valence-electron chi connectivity index (χ4n) is 1.17. The van der Waals surface area contributed by atoms with E-state index in [1.54, 1.807) is 0 Å². The first-order chi connectivity index (χ1) is 8.77. The van der Waals surface area contributed by atoms with Crippen LogP contribution in [0, 0.1) is 5.82 Å². The Labute approximate surface area is 109 Å². The molecule has 0 spiro atoms. The highest BCUT2D eigenvalue weighted by Crippen LogP contribution is 2.15. The Morgan fingerprint density at radius 3 is 2.74 bits per heavy atom. The first kappa shape index (κ1) is 15.3. The first-order valence-corrected chi connectivity index (χ1v) is 6.57. The van der Waals surface area contributed by atoms with Crippen LogP contribution in [0.5, 0.6) is 0 Å². The molecule has 0 bridgehead atoms. The minimum absolute atomic E-state index is 0.187. The number of aliphatic hydroxyl groups is 1. The van der Waals surface area contributed by atoms with E-state index in [2.05, 4.69) is 4.74 Å². The van der Waals surface area contributed by atoms with Gasteiger partial charge >= 0.3 is 5.97 Å². The second-order valence-electron chi connectivity index (χ2n) is 3.57. The van der Waals surface area contributed by atoms with E-state index in [1.807, 2.05) is 4.72 Å². The summed E-state index contributed by atoms with van der Waals surface area (Å²) in [6, 6.07) is 2.94. The molecule has 1 atom stereocenters. The van der Waals surface area contributed by atoms with Crippen LogP contribution in [0.3, 0.4) is 0 Å². The Morgan fingerprint density at radius 2 is 2.21 bits per heavy atom. The van der Waals surface area contributed by atoms with Crippen molar-refractivity contribution in [1.82, 2.24) is 4.72 Å². The van der Waals surface area contributed by atoms with E-state index in [1.165, 1.54) is 0 Å². The summed E-state index contributed by atoms with van der Waals surface area (Å²) in [6.07, 6.45) is -1.64. The Morgan fingerprint density at radius 1 is 1.58 bits per heavy atom. The minimum atomic E-state index is -4.05. The predicted octanol–water partition coefficient (Wildman–Crippen LogP) is -0.780. The third kappa shape index (κ3) is 3.88. The maximum Gasteiger partial charge on any atom is 0.336 e. The van der Waals surface area contributed by atoms with Gasteiger partial charge in [-0.25, -0.2) is 22.3 Å². The number of nitrogen functional groups attached to an aromatic ring is 1. The highest BCUT2D eigenvalue weighted by atomic mass is 32.2. The Balaban J connectivity index is 2.81. The highest BCUT2D eigenvalue weighted by Gasteiger charge is 2.21. The summed E-state index contributed by atoms with van der Waals surface area (Å²) in [5, 5.41) is 9.23. The molecule has 0 radical (unpaired) electrons. The molecule has 0 saturated heterocycles. The van der Waals surface area contributed by atoms with Crippen LogP contribution in [0.15, 0.2) is 23.1 Å². The van der Waals surface area contributed by atoms with Gasteiger partial charge in [0.05, 0.1) is 17.7 Å². The second kappa shape index (κ2) is 5.95. The maximum absolute atomic E-state index is 13.2. The molecule has 0 heterocycles. The number of ether oxygens (including phenoxy) is 1. The van der Waals surface area contributed by atoms with Gasteiger partial charge in [0.15, 0.2) is 6.10 Å². The van der Waals surface area contributed by atoms with Gasteiger partial charge in [-0.05, 0) is 18.2 Å². The van der Waals surface area contributed by atoms with Crippen molar-refractivity contribution in [2.75, 3.05) is 19.4 Å². The SMILES string of the molecule is COC(=O)C(O)CNS(=O)(=O)c1ccc(N)c(F)c1. The van der Waals surface area contributed by atoms with Crippen molar-refractivity contribution in [2.45, 2.75) is 11.0 Å². The molecule has 19 heavy (non-hydrogen) atoms. The number of hydrogen-bond donors (Lipinski definition) is 3. The topological polar surface area (TPSA) is 119 Å². The molecule has 9 heteroatoms. The number of esters is 1. The standard InChI is InChI=1S/C10H13FN2O5S/c1-18-10(15)9(14)5-13-19(16,17)6-2-3-8(12)7(11)4-6/h2-4,9,13-14H,5,12H2,1H3. The number of carbonyl (C=O) groups excluding carboxylic acids is 1. The molecule has 1 unspecified atom stereocenters. The van der Waals surface area contributed by atoms with Crippen LogP contribution in [-0.4, -0.2) is 39.3 Å². The van der Waals surface area contributed by atoms with Gasteiger partial charge in [-0.1, -0.05) is 0 Å². The number of rotatable bonds is 5. The van der Waals surface area contributed by atoms with Gasteiger partial charge in [0.2, 0.25) is 10.0 Å². The molecule has 0 amide bonds. The fourth-order valence-corrected chi connectivity index (χ4v) is 2.22. The molecule has 0 aromatic heterocycles. The molecule has 0 aliphatic heterocycles. The molecule has 1 aromatic rings. The normalized spacial score (nSPS) is 13.0. The van der Waals surface area contributed by atoms with Crippen molar-refractivity contribution in [2.24, 2.45) is 0 Å². The zero-order chi connectivity index (χ0) is 14.6. The van der Waals surface area contributed by atoms with Crippen molar-refractivity contribution in [3.63, 3.8) is 0 Å². The lowest BCUT2D eigenvalue weighted by Crippen LogP contribution is -2.37. The first-order valence-electron chi connectivity index (χ1n) is 5.08. The van der Waals surface area contributed by atoms with Gasteiger partial charge < -0.3 is 15.6 Å². The summed E-state index contributed by atoms with van der Waals surface area (Å²) in [5.74, 6) is -1.86. The predicted molar refractivity (Wildman–Crippen MR) is 64.0 cm³/mol. The summed E-state index contributed by atoms with van der Waals surface area (Å²) >= 11 is 0. The summed E-state index contributed by atoms with van der Waals surface area (Å²) in [7, 11) is -3.00. The molecule has 0 aliphatic carbocycles.